The second kappa shape index (κ2) is 6.81. The topological polar surface area (TPSA) is 34.1 Å². The zero-order chi connectivity index (χ0) is 14.5. The van der Waals surface area contributed by atoms with E-state index in [2.05, 4.69) is 10.3 Å². The summed E-state index contributed by atoms with van der Waals surface area (Å²) in [6.07, 6.45) is 0. The van der Waals surface area contributed by atoms with E-state index in [1.165, 1.54) is 12.1 Å². The van der Waals surface area contributed by atoms with Gasteiger partial charge in [0.2, 0.25) is 0 Å². The molecule has 2 aromatic rings. The highest BCUT2D eigenvalue weighted by atomic mass is 32.1. The Hall–Kier alpha value is -1.46. The van der Waals surface area contributed by atoms with E-state index in [9.17, 15) is 4.39 Å². The van der Waals surface area contributed by atoms with Crippen molar-refractivity contribution in [1.82, 2.24) is 10.3 Å². The molecule has 0 aliphatic carbocycles. The lowest BCUT2D eigenvalue weighted by molar-refractivity contribution is 0.297. The highest BCUT2D eigenvalue weighted by Crippen LogP contribution is 2.27. The van der Waals surface area contributed by atoms with Gasteiger partial charge < -0.3 is 10.1 Å². The first-order chi connectivity index (χ1) is 9.60. The van der Waals surface area contributed by atoms with Gasteiger partial charge in [-0.3, -0.25) is 0 Å². The first-order valence-electron chi connectivity index (χ1n) is 6.66. The Morgan fingerprint density at radius 1 is 1.45 bits per heavy atom. The van der Waals surface area contributed by atoms with Gasteiger partial charge in [0, 0.05) is 28.7 Å². The molecule has 1 aromatic heterocycles. The van der Waals surface area contributed by atoms with E-state index in [1.807, 2.05) is 26.2 Å². The van der Waals surface area contributed by atoms with Crippen molar-refractivity contribution in [3.63, 3.8) is 0 Å². The summed E-state index contributed by atoms with van der Waals surface area (Å²) >= 11 is 1.55. The van der Waals surface area contributed by atoms with Crippen molar-refractivity contribution in [1.29, 1.82) is 0 Å². The molecule has 0 aliphatic heterocycles. The summed E-state index contributed by atoms with van der Waals surface area (Å²) < 4.78 is 19.2. The van der Waals surface area contributed by atoms with Crippen LogP contribution in [0.2, 0.25) is 0 Å². The van der Waals surface area contributed by atoms with Crippen molar-refractivity contribution < 1.29 is 9.13 Å². The van der Waals surface area contributed by atoms with Crippen LogP contribution in [0.4, 0.5) is 4.39 Å². The van der Waals surface area contributed by atoms with Gasteiger partial charge >= 0.3 is 0 Å². The highest BCUT2D eigenvalue weighted by molar-refractivity contribution is 7.09. The van der Waals surface area contributed by atoms with E-state index >= 15 is 0 Å². The quantitative estimate of drug-likeness (QED) is 0.879. The maximum atomic E-state index is 13.4. The van der Waals surface area contributed by atoms with E-state index in [0.717, 1.165) is 22.8 Å². The minimum absolute atomic E-state index is 0.119. The fourth-order valence-corrected chi connectivity index (χ4v) is 2.70. The molecule has 1 atom stereocenters. The third-order valence-corrected chi connectivity index (χ3v) is 3.91. The molecule has 1 unspecified atom stereocenters. The number of hydrogen-bond acceptors (Lipinski definition) is 4. The summed E-state index contributed by atoms with van der Waals surface area (Å²) in [5.41, 5.74) is 1.94. The number of hydrogen-bond donors (Lipinski definition) is 1. The number of aromatic nitrogens is 1. The van der Waals surface area contributed by atoms with Crippen molar-refractivity contribution in [2.75, 3.05) is 6.54 Å². The molecule has 0 saturated heterocycles. The first kappa shape index (κ1) is 14.9. The van der Waals surface area contributed by atoms with Crippen molar-refractivity contribution in [3.8, 4) is 5.75 Å². The minimum Gasteiger partial charge on any atom is -0.486 e. The largest absolute Gasteiger partial charge is 0.486 e. The van der Waals surface area contributed by atoms with Crippen molar-refractivity contribution in [2.45, 2.75) is 33.4 Å². The molecule has 2 rings (SSSR count). The summed E-state index contributed by atoms with van der Waals surface area (Å²) in [5.74, 6) is 0.286. The Morgan fingerprint density at radius 3 is 2.90 bits per heavy atom. The van der Waals surface area contributed by atoms with Gasteiger partial charge in [0.05, 0.1) is 0 Å². The summed E-state index contributed by atoms with van der Waals surface area (Å²) in [4.78, 5) is 4.34. The number of halogens is 1. The smallest absolute Gasteiger partial charge is 0.140 e. The molecular formula is C15H19FN2OS. The zero-order valence-corrected chi connectivity index (χ0v) is 12.8. The van der Waals surface area contributed by atoms with Crippen LogP contribution in [0.3, 0.4) is 0 Å². The molecule has 5 heteroatoms. The molecule has 20 heavy (non-hydrogen) atoms. The van der Waals surface area contributed by atoms with Gasteiger partial charge in [0.15, 0.2) is 0 Å². The summed E-state index contributed by atoms with van der Waals surface area (Å²) in [6, 6.07) is 4.78. The Kier molecular flexibility index (Phi) is 5.09. The van der Waals surface area contributed by atoms with Gasteiger partial charge in [-0.15, -0.1) is 11.3 Å². The van der Waals surface area contributed by atoms with Gasteiger partial charge in [0.1, 0.15) is 23.2 Å². The number of benzene rings is 1. The number of thiazole rings is 1. The fraction of sp³-hybridized carbons (Fsp3) is 0.400. The molecule has 0 bridgehead atoms. The Labute approximate surface area is 122 Å². The van der Waals surface area contributed by atoms with Crippen LogP contribution in [0.1, 0.15) is 36.2 Å². The van der Waals surface area contributed by atoms with Gasteiger partial charge in [0.25, 0.3) is 0 Å². The number of nitrogens with zero attached hydrogens (tertiary/aromatic N) is 1. The fourth-order valence-electron chi connectivity index (χ4n) is 2.02. The lowest BCUT2D eigenvalue weighted by Crippen LogP contribution is -2.18. The van der Waals surface area contributed by atoms with Crippen molar-refractivity contribution >= 4 is 11.3 Å². The van der Waals surface area contributed by atoms with Crippen LogP contribution in [0.5, 0.6) is 5.75 Å². The number of ether oxygens (including phenoxy) is 1. The van der Waals surface area contributed by atoms with Crippen LogP contribution >= 0.6 is 11.3 Å². The van der Waals surface area contributed by atoms with E-state index < -0.39 is 0 Å². The third kappa shape index (κ3) is 3.77. The molecule has 108 valence electrons. The Morgan fingerprint density at radius 2 is 2.25 bits per heavy atom. The lowest BCUT2D eigenvalue weighted by Gasteiger charge is -2.17. The molecule has 1 N–H and O–H groups in total. The first-order valence-corrected chi connectivity index (χ1v) is 7.54. The lowest BCUT2D eigenvalue weighted by atomic mass is 10.1. The molecule has 1 heterocycles. The minimum atomic E-state index is -0.289. The van der Waals surface area contributed by atoms with Crippen molar-refractivity contribution in [3.05, 3.63) is 45.7 Å². The number of nitrogens with one attached hydrogen (secondary N) is 1. The van der Waals surface area contributed by atoms with Crippen LogP contribution in [-0.2, 0) is 6.61 Å². The average molecular weight is 294 g/mol. The van der Waals surface area contributed by atoms with Gasteiger partial charge in [-0.2, -0.15) is 0 Å². The van der Waals surface area contributed by atoms with E-state index in [4.69, 9.17) is 4.74 Å². The number of rotatable bonds is 6. The summed E-state index contributed by atoms with van der Waals surface area (Å²) in [5, 5.41) is 6.18. The zero-order valence-electron chi connectivity index (χ0n) is 11.9. The molecule has 0 aliphatic rings. The van der Waals surface area contributed by atoms with E-state index in [-0.39, 0.29) is 11.9 Å². The molecule has 1 aromatic carbocycles. The molecule has 0 radical (unpaired) electrons. The second-order valence-corrected chi connectivity index (χ2v) is 5.58. The summed E-state index contributed by atoms with van der Waals surface area (Å²) in [7, 11) is 0. The maximum absolute atomic E-state index is 13.4. The predicted molar refractivity (Wildman–Crippen MR) is 79.7 cm³/mol. The SMILES string of the molecule is CCNC(C)c1ccc(F)cc1OCc1nc(C)cs1. The Bertz CT molecular complexity index is 571. The van der Waals surface area contributed by atoms with E-state index in [0.29, 0.717) is 12.4 Å². The Balaban J connectivity index is 2.14. The van der Waals surface area contributed by atoms with Crippen LogP contribution in [0.25, 0.3) is 0 Å². The van der Waals surface area contributed by atoms with Gasteiger partial charge in [-0.25, -0.2) is 9.37 Å². The molecular weight excluding hydrogens is 275 g/mol. The molecule has 0 fully saturated rings. The normalized spacial score (nSPS) is 12.4. The molecule has 0 amide bonds. The standard InChI is InChI=1S/C15H19FN2OS/c1-4-17-11(3)13-6-5-12(16)7-14(13)19-8-15-18-10(2)9-20-15/h5-7,9,11,17H,4,8H2,1-3H3. The molecule has 0 spiro atoms. The third-order valence-electron chi connectivity index (χ3n) is 2.97. The second-order valence-electron chi connectivity index (χ2n) is 4.63. The van der Waals surface area contributed by atoms with E-state index in [1.54, 1.807) is 17.4 Å². The average Bonchev–Trinajstić information content (AvgIpc) is 2.82. The van der Waals surface area contributed by atoms with Crippen LogP contribution in [-0.4, -0.2) is 11.5 Å². The molecule has 3 nitrogen and oxygen atoms in total. The van der Waals surface area contributed by atoms with Crippen LogP contribution < -0.4 is 10.1 Å². The van der Waals surface area contributed by atoms with Gasteiger partial charge in [-0.05, 0) is 26.5 Å². The van der Waals surface area contributed by atoms with Gasteiger partial charge in [-0.1, -0.05) is 13.0 Å². The maximum Gasteiger partial charge on any atom is 0.140 e. The molecule has 0 saturated carbocycles. The van der Waals surface area contributed by atoms with Crippen LogP contribution in [0.15, 0.2) is 23.6 Å². The predicted octanol–water partition coefficient (Wildman–Crippen LogP) is 3.84. The monoisotopic (exact) mass is 294 g/mol. The number of aryl methyl sites for hydroxylation is 1. The van der Waals surface area contributed by atoms with Crippen molar-refractivity contribution in [2.24, 2.45) is 0 Å². The summed E-state index contributed by atoms with van der Waals surface area (Å²) in [6.45, 7) is 7.24. The highest BCUT2D eigenvalue weighted by Gasteiger charge is 2.12. The van der Waals surface area contributed by atoms with Crippen LogP contribution in [0, 0.1) is 12.7 Å².